The molecule has 2 amide bonds. The summed E-state index contributed by atoms with van der Waals surface area (Å²) in [5.74, 6) is 2.25. The van der Waals surface area contributed by atoms with E-state index in [2.05, 4.69) is 26.6 Å². The monoisotopic (exact) mass is 603 g/mol. The van der Waals surface area contributed by atoms with Gasteiger partial charge in [0.2, 0.25) is 0 Å². The van der Waals surface area contributed by atoms with Gasteiger partial charge in [0, 0.05) is 61.3 Å². The van der Waals surface area contributed by atoms with Gasteiger partial charge in [0.25, 0.3) is 11.8 Å². The summed E-state index contributed by atoms with van der Waals surface area (Å²) in [5.41, 5.74) is 12.7. The van der Waals surface area contributed by atoms with Gasteiger partial charge in [0.15, 0.2) is 5.82 Å². The molecule has 45 heavy (non-hydrogen) atoms. The number of hydrogen-bond donors (Lipinski definition) is 2. The number of ether oxygens (including phenoxy) is 1. The minimum Gasteiger partial charge on any atom is -0.494 e. The molecular formula is C35H37N7O3. The number of amides is 2. The highest BCUT2D eigenvalue weighted by Gasteiger charge is 2.47. The molecule has 2 bridgehead atoms. The maximum atomic E-state index is 13.7. The van der Waals surface area contributed by atoms with Crippen LogP contribution < -0.4 is 15.8 Å². The number of carbonyl (C=O) groups excluding carboxylic acids is 2. The van der Waals surface area contributed by atoms with E-state index < -0.39 is 0 Å². The van der Waals surface area contributed by atoms with E-state index in [1.807, 2.05) is 48.3 Å². The first-order valence-electron chi connectivity index (χ1n) is 15.8. The normalized spacial score (nSPS) is 20.8. The third-order valence-electron chi connectivity index (χ3n) is 10.1. The van der Waals surface area contributed by atoms with Crippen molar-refractivity contribution in [3.63, 3.8) is 0 Å². The Morgan fingerprint density at radius 1 is 1.02 bits per heavy atom. The molecule has 3 aromatic heterocycles. The molecule has 2 aromatic carbocycles. The number of nitrogens with two attached hydrogens (primary N) is 1. The average molecular weight is 604 g/mol. The van der Waals surface area contributed by atoms with E-state index in [1.54, 1.807) is 20.2 Å². The third kappa shape index (κ3) is 4.49. The Labute approximate surface area is 261 Å². The van der Waals surface area contributed by atoms with Crippen LogP contribution in [-0.2, 0) is 13.6 Å². The van der Waals surface area contributed by atoms with Gasteiger partial charge in [-0.05, 0) is 80.0 Å². The number of imidazole rings is 1. The first-order valence-corrected chi connectivity index (χ1v) is 15.8. The number of nitrogens with zero attached hydrogens (tertiary/aromatic N) is 5. The number of aromatic nitrogens is 4. The van der Waals surface area contributed by atoms with E-state index >= 15 is 0 Å². The van der Waals surface area contributed by atoms with Crippen molar-refractivity contribution < 1.29 is 14.3 Å². The molecule has 0 radical (unpaired) electrons. The van der Waals surface area contributed by atoms with Gasteiger partial charge in [-0.25, -0.2) is 9.97 Å². The Hall–Kier alpha value is -4.70. The van der Waals surface area contributed by atoms with Gasteiger partial charge >= 0.3 is 0 Å². The van der Waals surface area contributed by atoms with Crippen molar-refractivity contribution in [1.29, 1.82) is 0 Å². The van der Waals surface area contributed by atoms with Crippen LogP contribution in [-0.4, -0.2) is 68.6 Å². The van der Waals surface area contributed by atoms with Crippen molar-refractivity contribution in [3.8, 4) is 28.5 Å². The molecule has 10 heteroatoms. The zero-order valence-corrected chi connectivity index (χ0v) is 25.8. The van der Waals surface area contributed by atoms with Gasteiger partial charge < -0.3 is 29.8 Å². The third-order valence-corrected chi connectivity index (χ3v) is 10.1. The number of carbonyl (C=O) groups is 2. The van der Waals surface area contributed by atoms with E-state index in [0.29, 0.717) is 40.8 Å². The summed E-state index contributed by atoms with van der Waals surface area (Å²) in [4.78, 5) is 38.2. The molecule has 2 unspecified atom stereocenters. The topological polar surface area (TPSA) is 120 Å². The van der Waals surface area contributed by atoms with Crippen LogP contribution in [0.1, 0.15) is 46.4 Å². The molecule has 3 N–H and O–H groups in total. The number of methoxy groups -OCH3 is 1. The minimum atomic E-state index is -0.129. The number of nitrogens with one attached hydrogen (secondary N) is 1. The second-order valence-corrected chi connectivity index (χ2v) is 12.8. The van der Waals surface area contributed by atoms with Crippen molar-refractivity contribution in [3.05, 3.63) is 65.7 Å². The lowest BCUT2D eigenvalue weighted by molar-refractivity contribution is 0.0700. The Morgan fingerprint density at radius 2 is 1.87 bits per heavy atom. The Kier molecular flexibility index (Phi) is 6.46. The Balaban J connectivity index is 1.23. The van der Waals surface area contributed by atoms with Crippen molar-refractivity contribution in [2.75, 3.05) is 20.7 Å². The summed E-state index contributed by atoms with van der Waals surface area (Å²) >= 11 is 0. The largest absolute Gasteiger partial charge is 0.494 e. The van der Waals surface area contributed by atoms with Crippen LogP contribution in [0, 0.1) is 11.8 Å². The number of fused-ring (bicyclic) bond motifs is 4. The van der Waals surface area contributed by atoms with E-state index in [4.69, 9.17) is 20.4 Å². The summed E-state index contributed by atoms with van der Waals surface area (Å²) < 4.78 is 10.2. The second-order valence-electron chi connectivity index (χ2n) is 12.8. The summed E-state index contributed by atoms with van der Waals surface area (Å²) in [6.45, 7) is 1.56. The van der Waals surface area contributed by atoms with Crippen LogP contribution >= 0.6 is 0 Å². The molecule has 230 valence electrons. The molecule has 0 spiro atoms. The highest BCUT2D eigenvalue weighted by molar-refractivity contribution is 6.00. The van der Waals surface area contributed by atoms with Gasteiger partial charge in [-0.3, -0.25) is 9.59 Å². The molecule has 3 fully saturated rings. The number of rotatable bonds is 7. The van der Waals surface area contributed by atoms with Crippen LogP contribution in [0.2, 0.25) is 0 Å². The van der Waals surface area contributed by atoms with Crippen molar-refractivity contribution in [2.45, 2.75) is 44.3 Å². The molecule has 2 aliphatic carbocycles. The SMILES string of the molecule is CNC(=O)c1cccc(-c2ccc3cc(-c4nc5cc(C(=O)N6CC7CCC6[C@@H]7N)cc(OC)c5n4C)n(CC4CC4)c3n2)c1. The zero-order valence-electron chi connectivity index (χ0n) is 25.8. The quantitative estimate of drug-likeness (QED) is 0.281. The van der Waals surface area contributed by atoms with E-state index in [9.17, 15) is 9.59 Å². The summed E-state index contributed by atoms with van der Waals surface area (Å²) in [6, 6.07) is 17.7. The second kappa shape index (κ2) is 10.4. The fraction of sp³-hybridized carbons (Fsp3) is 0.371. The number of aryl methyl sites for hydroxylation is 1. The van der Waals surface area contributed by atoms with Crippen LogP contribution in [0.5, 0.6) is 5.75 Å². The maximum absolute atomic E-state index is 13.7. The number of likely N-dealkylation sites (tertiary alicyclic amines) is 1. The summed E-state index contributed by atoms with van der Waals surface area (Å²) in [6.07, 6.45) is 4.44. The molecule has 1 aliphatic heterocycles. The van der Waals surface area contributed by atoms with Crippen LogP contribution in [0.4, 0.5) is 0 Å². The molecule has 2 saturated carbocycles. The van der Waals surface area contributed by atoms with Gasteiger partial charge in [0.1, 0.15) is 16.9 Å². The standard InChI is InChI=1S/C35H37N7O3/c1-37-34(43)22-6-4-5-20(13-22)25-11-9-21-15-28(41(32(21)38-25)17-19-7-8-19)33-39-26-14-24(16-29(45-3)31(26)40(33)2)35(44)42-18-23-10-12-27(42)30(23)36/h4-6,9,11,13-16,19,23,27,30H,7-8,10,12,17-18,36H2,1-3H3,(H,37,43)/t23?,27?,30-/m1/s1. The van der Waals surface area contributed by atoms with E-state index in [1.165, 1.54) is 12.8 Å². The maximum Gasteiger partial charge on any atom is 0.254 e. The fourth-order valence-corrected chi connectivity index (χ4v) is 7.45. The van der Waals surface area contributed by atoms with Gasteiger partial charge in [-0.2, -0.15) is 0 Å². The smallest absolute Gasteiger partial charge is 0.254 e. The summed E-state index contributed by atoms with van der Waals surface area (Å²) in [5, 5.41) is 3.72. The Morgan fingerprint density at radius 3 is 2.58 bits per heavy atom. The van der Waals surface area contributed by atoms with Crippen molar-refractivity contribution in [2.24, 2.45) is 24.6 Å². The zero-order chi connectivity index (χ0) is 31.0. The number of hydrogen-bond acceptors (Lipinski definition) is 6. The number of piperidine rings is 1. The predicted octanol–water partition coefficient (Wildman–Crippen LogP) is 4.60. The van der Waals surface area contributed by atoms with Crippen LogP contribution in [0.3, 0.4) is 0 Å². The van der Waals surface area contributed by atoms with E-state index in [0.717, 1.165) is 58.7 Å². The molecule has 8 rings (SSSR count). The summed E-state index contributed by atoms with van der Waals surface area (Å²) in [7, 11) is 5.26. The highest BCUT2D eigenvalue weighted by atomic mass is 16.5. The molecule has 3 aliphatic rings. The number of pyridine rings is 1. The lowest BCUT2D eigenvalue weighted by Crippen LogP contribution is -2.41. The molecule has 1 saturated heterocycles. The molecule has 5 aromatic rings. The predicted molar refractivity (Wildman–Crippen MR) is 173 cm³/mol. The molecule has 10 nitrogen and oxygen atoms in total. The molecular weight excluding hydrogens is 566 g/mol. The highest BCUT2D eigenvalue weighted by Crippen LogP contribution is 2.40. The number of benzene rings is 2. The fourth-order valence-electron chi connectivity index (χ4n) is 7.45. The van der Waals surface area contributed by atoms with E-state index in [-0.39, 0.29) is 23.9 Å². The lowest BCUT2D eigenvalue weighted by Gasteiger charge is -2.27. The van der Waals surface area contributed by atoms with Crippen molar-refractivity contribution in [1.82, 2.24) is 29.3 Å². The van der Waals surface area contributed by atoms with Gasteiger partial charge in [-0.15, -0.1) is 0 Å². The van der Waals surface area contributed by atoms with Crippen LogP contribution in [0.25, 0.3) is 44.8 Å². The molecule has 4 heterocycles. The van der Waals surface area contributed by atoms with Gasteiger partial charge in [0.05, 0.1) is 24.0 Å². The molecule has 3 atom stereocenters. The van der Waals surface area contributed by atoms with Crippen molar-refractivity contribution >= 4 is 33.9 Å². The lowest BCUT2D eigenvalue weighted by atomic mass is 10.1. The first kappa shape index (κ1) is 27.8. The minimum absolute atomic E-state index is 0.00915. The van der Waals surface area contributed by atoms with Gasteiger partial charge in [-0.1, -0.05) is 12.1 Å². The average Bonchev–Trinajstić information content (AvgIpc) is 3.47. The first-order chi connectivity index (χ1) is 21.8. The van der Waals surface area contributed by atoms with Crippen LogP contribution in [0.15, 0.2) is 54.6 Å². The Bertz CT molecular complexity index is 2010.